The van der Waals surface area contributed by atoms with Gasteiger partial charge in [0.15, 0.2) is 0 Å². The minimum Gasteiger partial charge on any atom is -0.495 e. The number of likely N-dealkylation sites (tertiary alicyclic amines) is 1. The fraction of sp³-hybridized carbons (Fsp3) is 0.259. The Morgan fingerprint density at radius 1 is 1.17 bits per heavy atom. The molecule has 1 aliphatic heterocycles. The molecule has 2 aromatic carbocycles. The van der Waals surface area contributed by atoms with Crippen molar-refractivity contribution < 1.29 is 14.3 Å². The number of methoxy groups -OCH3 is 1. The van der Waals surface area contributed by atoms with Gasteiger partial charge in [-0.25, -0.2) is 0 Å². The molecule has 2 aromatic heterocycles. The third-order valence-electron chi connectivity index (χ3n) is 6.37. The molecule has 36 heavy (non-hydrogen) atoms. The highest BCUT2D eigenvalue weighted by Crippen LogP contribution is 2.38. The number of pyridine rings is 1. The Hall–Kier alpha value is -3.28. The number of nitrogens with one attached hydrogen (secondary N) is 1. The molecule has 0 spiro atoms. The summed E-state index contributed by atoms with van der Waals surface area (Å²) in [5.41, 5.74) is 3.12. The first-order chi connectivity index (χ1) is 17.4. The quantitative estimate of drug-likeness (QED) is 0.303. The van der Waals surface area contributed by atoms with E-state index in [1.54, 1.807) is 12.1 Å². The summed E-state index contributed by atoms with van der Waals surface area (Å²) in [5, 5.41) is 24.3. The minimum absolute atomic E-state index is 0.197. The van der Waals surface area contributed by atoms with Crippen molar-refractivity contribution in [3.05, 3.63) is 70.0 Å². The highest BCUT2D eigenvalue weighted by atomic mass is 35.5. The molecule has 7 nitrogen and oxygen atoms in total. The first-order valence-corrected chi connectivity index (χ1v) is 12.3. The summed E-state index contributed by atoms with van der Waals surface area (Å²) in [6.07, 6.45) is 2.92. The number of aromatic nitrogens is 1. The van der Waals surface area contributed by atoms with Crippen molar-refractivity contribution in [1.29, 1.82) is 5.26 Å². The lowest BCUT2D eigenvalue weighted by atomic mass is 10.1. The van der Waals surface area contributed by atoms with E-state index in [4.69, 9.17) is 32.4 Å². The van der Waals surface area contributed by atoms with Gasteiger partial charge in [0.25, 0.3) is 0 Å². The lowest BCUT2D eigenvalue weighted by Crippen LogP contribution is -2.35. The summed E-state index contributed by atoms with van der Waals surface area (Å²) < 4.78 is 11.4. The molecule has 184 valence electrons. The van der Waals surface area contributed by atoms with Gasteiger partial charge in [0, 0.05) is 36.3 Å². The predicted molar refractivity (Wildman–Crippen MR) is 141 cm³/mol. The van der Waals surface area contributed by atoms with Crippen molar-refractivity contribution in [3.8, 4) is 23.1 Å². The van der Waals surface area contributed by atoms with E-state index in [1.807, 2.05) is 30.3 Å². The van der Waals surface area contributed by atoms with Crippen molar-refractivity contribution in [3.63, 3.8) is 0 Å². The topological polar surface area (TPSA) is 94.5 Å². The van der Waals surface area contributed by atoms with Crippen LogP contribution in [-0.2, 0) is 6.54 Å². The van der Waals surface area contributed by atoms with Crippen molar-refractivity contribution >= 4 is 45.5 Å². The number of hydrogen-bond donors (Lipinski definition) is 2. The van der Waals surface area contributed by atoms with E-state index < -0.39 is 0 Å². The molecule has 1 fully saturated rings. The van der Waals surface area contributed by atoms with Crippen LogP contribution in [0.15, 0.2) is 53.1 Å². The first-order valence-electron chi connectivity index (χ1n) is 11.6. The van der Waals surface area contributed by atoms with Gasteiger partial charge >= 0.3 is 0 Å². The molecule has 0 unspecified atom stereocenters. The van der Waals surface area contributed by atoms with Crippen LogP contribution in [0, 0.1) is 11.3 Å². The molecule has 0 amide bonds. The Kier molecular flexibility index (Phi) is 7.04. The maximum absolute atomic E-state index is 9.72. The van der Waals surface area contributed by atoms with Crippen molar-refractivity contribution in [1.82, 2.24) is 9.88 Å². The van der Waals surface area contributed by atoms with E-state index in [-0.39, 0.29) is 6.10 Å². The number of ether oxygens (including phenoxy) is 1. The molecule has 9 heteroatoms. The number of aliphatic hydroxyl groups is 1. The van der Waals surface area contributed by atoms with Crippen LogP contribution in [0.2, 0.25) is 10.0 Å². The molecule has 3 heterocycles. The van der Waals surface area contributed by atoms with E-state index in [0.29, 0.717) is 44.8 Å². The monoisotopic (exact) mass is 522 g/mol. The smallest absolute Gasteiger partial charge is 0.139 e. The van der Waals surface area contributed by atoms with Crippen LogP contribution in [0.4, 0.5) is 11.4 Å². The summed E-state index contributed by atoms with van der Waals surface area (Å²) in [5.74, 6) is 2.09. The Morgan fingerprint density at radius 3 is 2.72 bits per heavy atom. The lowest BCUT2D eigenvalue weighted by molar-refractivity contribution is 0.0761. The maximum Gasteiger partial charge on any atom is 0.139 e. The van der Waals surface area contributed by atoms with Gasteiger partial charge in [-0.05, 0) is 43.2 Å². The van der Waals surface area contributed by atoms with E-state index >= 15 is 0 Å². The van der Waals surface area contributed by atoms with Crippen LogP contribution in [0.3, 0.4) is 0 Å². The second kappa shape index (κ2) is 10.4. The Bertz CT molecular complexity index is 1460. The maximum atomic E-state index is 9.72. The Balaban J connectivity index is 1.44. The second-order valence-electron chi connectivity index (χ2n) is 8.76. The van der Waals surface area contributed by atoms with E-state index in [0.717, 1.165) is 48.4 Å². The molecule has 0 saturated carbocycles. The highest BCUT2D eigenvalue weighted by Gasteiger charge is 2.19. The third-order valence-corrected chi connectivity index (χ3v) is 6.98. The SMILES string of the molecule is COc1cc(Nc2c(C#N)cnc3cc(-c4ccc(CN5CCC(O)CC5)o4)ccc23)c(Cl)cc1Cl. The largest absolute Gasteiger partial charge is 0.495 e. The molecule has 0 bridgehead atoms. The molecule has 0 aliphatic carbocycles. The normalized spacial score (nSPS) is 14.6. The second-order valence-corrected chi connectivity index (χ2v) is 9.57. The van der Waals surface area contributed by atoms with E-state index in [1.165, 1.54) is 13.3 Å². The average Bonchev–Trinajstić information content (AvgIpc) is 3.35. The fourth-order valence-electron chi connectivity index (χ4n) is 4.40. The van der Waals surface area contributed by atoms with Crippen LogP contribution in [-0.4, -0.2) is 41.3 Å². The molecule has 0 radical (unpaired) electrons. The molecule has 5 rings (SSSR count). The molecule has 1 aliphatic rings. The van der Waals surface area contributed by atoms with Gasteiger partial charge in [-0.3, -0.25) is 9.88 Å². The highest BCUT2D eigenvalue weighted by molar-refractivity contribution is 6.37. The zero-order valence-corrected chi connectivity index (χ0v) is 21.1. The van der Waals surface area contributed by atoms with Gasteiger partial charge in [0.2, 0.25) is 0 Å². The Morgan fingerprint density at radius 2 is 1.97 bits per heavy atom. The van der Waals surface area contributed by atoms with Crippen LogP contribution in [0.5, 0.6) is 5.75 Å². The summed E-state index contributed by atoms with van der Waals surface area (Å²) >= 11 is 12.6. The zero-order chi connectivity index (χ0) is 25.2. The third kappa shape index (κ3) is 4.99. The predicted octanol–water partition coefficient (Wildman–Crippen LogP) is 6.38. The van der Waals surface area contributed by atoms with Crippen molar-refractivity contribution in [2.45, 2.75) is 25.5 Å². The van der Waals surface area contributed by atoms with Crippen molar-refractivity contribution in [2.24, 2.45) is 0 Å². The number of anilines is 2. The molecule has 1 saturated heterocycles. The number of halogens is 2. The van der Waals surface area contributed by atoms with Gasteiger partial charge in [0.1, 0.15) is 23.3 Å². The van der Waals surface area contributed by atoms with E-state index in [2.05, 4.69) is 21.3 Å². The van der Waals surface area contributed by atoms with Crippen LogP contribution in [0.1, 0.15) is 24.2 Å². The number of aliphatic hydroxyl groups excluding tert-OH is 1. The summed E-state index contributed by atoms with van der Waals surface area (Å²) in [6, 6.07) is 15.2. The molecular weight excluding hydrogens is 499 g/mol. The number of nitrogens with zero attached hydrogens (tertiary/aromatic N) is 3. The molecular formula is C27H24Cl2N4O3. The molecule has 0 atom stereocenters. The zero-order valence-electron chi connectivity index (χ0n) is 19.6. The van der Waals surface area contributed by atoms with Crippen LogP contribution >= 0.6 is 23.2 Å². The molecule has 4 aromatic rings. The summed E-state index contributed by atoms with van der Waals surface area (Å²) in [6.45, 7) is 2.43. The minimum atomic E-state index is -0.197. The van der Waals surface area contributed by atoms with Gasteiger partial charge in [-0.1, -0.05) is 29.3 Å². The summed E-state index contributed by atoms with van der Waals surface area (Å²) in [7, 11) is 1.53. The van der Waals surface area contributed by atoms with Crippen molar-refractivity contribution in [2.75, 3.05) is 25.5 Å². The van der Waals surface area contributed by atoms with E-state index in [9.17, 15) is 10.4 Å². The van der Waals surface area contributed by atoms with Crippen LogP contribution < -0.4 is 10.1 Å². The van der Waals surface area contributed by atoms with Gasteiger partial charge in [-0.2, -0.15) is 5.26 Å². The first kappa shape index (κ1) is 24.4. The average molecular weight is 523 g/mol. The van der Waals surface area contributed by atoms with Crippen LogP contribution in [0.25, 0.3) is 22.2 Å². The lowest BCUT2D eigenvalue weighted by Gasteiger charge is -2.28. The number of rotatable bonds is 6. The summed E-state index contributed by atoms with van der Waals surface area (Å²) in [4.78, 5) is 6.79. The van der Waals surface area contributed by atoms with Gasteiger partial charge in [-0.15, -0.1) is 0 Å². The fourth-order valence-corrected chi connectivity index (χ4v) is 4.91. The number of fused-ring (bicyclic) bond motifs is 1. The Labute approximate surface area is 218 Å². The standard InChI is InChI=1S/C27H24Cl2N4O3/c1-35-26-12-24(21(28)11-22(26)29)32-27-17(13-30)14-31-23-10-16(2-4-20(23)27)25-5-3-19(36-25)15-33-8-6-18(34)7-9-33/h2-5,10-12,14,18,34H,6-9,15H2,1H3,(H,31,32). The van der Waals surface area contributed by atoms with Gasteiger partial charge in [0.05, 0.1) is 52.3 Å². The van der Waals surface area contributed by atoms with Gasteiger partial charge < -0.3 is 19.6 Å². The number of piperidine rings is 1. The molecule has 2 N–H and O–H groups in total. The number of hydrogen-bond acceptors (Lipinski definition) is 7. The number of nitriles is 1. The number of benzene rings is 2. The number of furan rings is 1.